The number of amides is 1. The van der Waals surface area contributed by atoms with Crippen molar-refractivity contribution in [1.82, 2.24) is 5.43 Å². The summed E-state index contributed by atoms with van der Waals surface area (Å²) in [6.07, 6.45) is 0.290. The highest BCUT2D eigenvalue weighted by Crippen LogP contribution is 2.24. The highest BCUT2D eigenvalue weighted by molar-refractivity contribution is 6.02. The van der Waals surface area contributed by atoms with Gasteiger partial charge < -0.3 is 9.47 Å². The predicted molar refractivity (Wildman–Crippen MR) is 99.5 cm³/mol. The fourth-order valence-corrected chi connectivity index (χ4v) is 2.56. The maximum absolute atomic E-state index is 12.2. The van der Waals surface area contributed by atoms with Crippen LogP contribution in [-0.4, -0.2) is 25.8 Å². The Morgan fingerprint density at radius 2 is 1.84 bits per heavy atom. The van der Waals surface area contributed by atoms with E-state index in [0.717, 1.165) is 16.7 Å². The Bertz CT molecular complexity index is 798. The van der Waals surface area contributed by atoms with Crippen LogP contribution < -0.4 is 14.9 Å². The predicted octanol–water partition coefficient (Wildman–Crippen LogP) is 3.40. The lowest BCUT2D eigenvalue weighted by Gasteiger charge is -2.10. The molecule has 132 valence electrons. The average Bonchev–Trinajstić information content (AvgIpc) is 2.61. The summed E-state index contributed by atoms with van der Waals surface area (Å²) in [5.41, 5.74) is 7.31. The molecule has 25 heavy (non-hydrogen) atoms. The maximum Gasteiger partial charge on any atom is 0.244 e. The van der Waals surface area contributed by atoms with Gasteiger partial charge in [-0.2, -0.15) is 5.10 Å². The van der Waals surface area contributed by atoms with E-state index in [-0.39, 0.29) is 12.3 Å². The number of hydrogen-bond acceptors (Lipinski definition) is 4. The lowest BCUT2D eigenvalue weighted by atomic mass is 10.0. The van der Waals surface area contributed by atoms with E-state index in [2.05, 4.69) is 16.6 Å². The molecule has 2 aromatic carbocycles. The van der Waals surface area contributed by atoms with Gasteiger partial charge in [0.2, 0.25) is 5.91 Å². The van der Waals surface area contributed by atoms with E-state index in [9.17, 15) is 4.79 Å². The Kier molecular flexibility index (Phi) is 6.17. The van der Waals surface area contributed by atoms with Crippen molar-refractivity contribution >= 4 is 11.6 Å². The van der Waals surface area contributed by atoms with E-state index < -0.39 is 0 Å². The smallest absolute Gasteiger partial charge is 0.244 e. The minimum absolute atomic E-state index is 0.159. The first-order chi connectivity index (χ1) is 11.9. The van der Waals surface area contributed by atoms with E-state index in [1.165, 1.54) is 5.56 Å². The van der Waals surface area contributed by atoms with Gasteiger partial charge in [0.25, 0.3) is 0 Å². The standard InChI is InChI=1S/C20H24N2O3/c1-13-6-7-16(14(2)10-13)11-20(23)22-21-15(3)18-12-17(24-4)8-9-19(18)25-5/h6-10,12H,11H2,1-5H3,(H,22,23)/b21-15+. The van der Waals surface area contributed by atoms with E-state index >= 15 is 0 Å². The average molecular weight is 340 g/mol. The van der Waals surface area contributed by atoms with Gasteiger partial charge in [-0.15, -0.1) is 0 Å². The molecule has 0 radical (unpaired) electrons. The number of hydrogen-bond donors (Lipinski definition) is 1. The number of rotatable bonds is 6. The van der Waals surface area contributed by atoms with Crippen molar-refractivity contribution in [1.29, 1.82) is 0 Å². The van der Waals surface area contributed by atoms with Gasteiger partial charge in [0.05, 0.1) is 26.4 Å². The minimum Gasteiger partial charge on any atom is -0.497 e. The van der Waals surface area contributed by atoms with Crippen LogP contribution in [0.1, 0.15) is 29.2 Å². The number of carbonyl (C=O) groups excluding carboxylic acids is 1. The second kappa shape index (κ2) is 8.33. The van der Waals surface area contributed by atoms with Crippen LogP contribution in [0.15, 0.2) is 41.5 Å². The highest BCUT2D eigenvalue weighted by Gasteiger charge is 2.10. The maximum atomic E-state index is 12.2. The topological polar surface area (TPSA) is 59.9 Å². The molecule has 0 spiro atoms. The zero-order valence-electron chi connectivity index (χ0n) is 15.3. The molecular formula is C20H24N2O3. The largest absolute Gasteiger partial charge is 0.497 e. The number of aryl methyl sites for hydroxylation is 2. The molecule has 2 rings (SSSR count). The quantitative estimate of drug-likeness (QED) is 0.647. The van der Waals surface area contributed by atoms with Gasteiger partial charge >= 0.3 is 0 Å². The number of benzene rings is 2. The second-order valence-corrected chi connectivity index (χ2v) is 5.91. The van der Waals surface area contributed by atoms with Crippen molar-refractivity contribution in [2.24, 2.45) is 5.10 Å². The first-order valence-electron chi connectivity index (χ1n) is 8.06. The summed E-state index contributed by atoms with van der Waals surface area (Å²) in [5.74, 6) is 1.21. The molecular weight excluding hydrogens is 316 g/mol. The lowest BCUT2D eigenvalue weighted by molar-refractivity contribution is -0.120. The van der Waals surface area contributed by atoms with Crippen LogP contribution >= 0.6 is 0 Å². The van der Waals surface area contributed by atoms with Gasteiger partial charge in [-0.25, -0.2) is 5.43 Å². The van der Waals surface area contributed by atoms with Gasteiger partial charge in [-0.3, -0.25) is 4.79 Å². The second-order valence-electron chi connectivity index (χ2n) is 5.91. The number of ether oxygens (including phenoxy) is 2. The van der Waals surface area contributed by atoms with Crippen molar-refractivity contribution < 1.29 is 14.3 Å². The van der Waals surface area contributed by atoms with Crippen molar-refractivity contribution in [3.05, 3.63) is 58.7 Å². The van der Waals surface area contributed by atoms with Gasteiger partial charge in [0, 0.05) is 5.56 Å². The molecule has 0 heterocycles. The SMILES string of the molecule is COc1ccc(OC)c(/C(C)=N/NC(=O)Cc2ccc(C)cc2C)c1. The van der Waals surface area contributed by atoms with Crippen molar-refractivity contribution in [3.63, 3.8) is 0 Å². The van der Waals surface area contributed by atoms with Crippen molar-refractivity contribution in [3.8, 4) is 11.5 Å². The third-order valence-electron chi connectivity index (χ3n) is 3.99. The van der Waals surface area contributed by atoms with Crippen LogP contribution in [-0.2, 0) is 11.2 Å². The molecule has 0 fully saturated rings. The third-order valence-corrected chi connectivity index (χ3v) is 3.99. The molecule has 0 unspecified atom stereocenters. The number of nitrogens with zero attached hydrogens (tertiary/aromatic N) is 1. The molecule has 1 amide bonds. The van der Waals surface area contributed by atoms with Gasteiger partial charge in [-0.1, -0.05) is 23.8 Å². The zero-order valence-corrected chi connectivity index (χ0v) is 15.3. The summed E-state index contributed by atoms with van der Waals surface area (Å²) in [7, 11) is 3.20. The number of carbonyl (C=O) groups is 1. The molecule has 1 N–H and O–H groups in total. The lowest BCUT2D eigenvalue weighted by Crippen LogP contribution is -2.21. The van der Waals surface area contributed by atoms with Crippen LogP contribution in [0, 0.1) is 13.8 Å². The summed E-state index contributed by atoms with van der Waals surface area (Å²) < 4.78 is 10.6. The molecule has 5 heteroatoms. The van der Waals surface area contributed by atoms with Crippen LogP contribution in [0.5, 0.6) is 11.5 Å². The number of methoxy groups -OCH3 is 2. The zero-order chi connectivity index (χ0) is 18.4. The Hall–Kier alpha value is -2.82. The first kappa shape index (κ1) is 18.5. The molecule has 0 aliphatic carbocycles. The summed E-state index contributed by atoms with van der Waals surface area (Å²) in [6.45, 7) is 5.85. The Morgan fingerprint density at radius 1 is 1.08 bits per heavy atom. The first-order valence-corrected chi connectivity index (χ1v) is 8.06. The highest BCUT2D eigenvalue weighted by atomic mass is 16.5. The monoisotopic (exact) mass is 340 g/mol. The summed E-state index contributed by atoms with van der Waals surface area (Å²) in [4.78, 5) is 12.2. The van der Waals surface area contributed by atoms with Crippen LogP contribution in [0.3, 0.4) is 0 Å². The van der Waals surface area contributed by atoms with Crippen LogP contribution in [0.4, 0.5) is 0 Å². The van der Waals surface area contributed by atoms with Crippen molar-refractivity contribution in [2.75, 3.05) is 14.2 Å². The Morgan fingerprint density at radius 3 is 2.48 bits per heavy atom. The van der Waals surface area contributed by atoms with E-state index in [1.807, 2.05) is 51.1 Å². The van der Waals surface area contributed by atoms with Gasteiger partial charge in [0.1, 0.15) is 11.5 Å². The molecule has 0 bridgehead atoms. The summed E-state index contributed by atoms with van der Waals surface area (Å²) in [5, 5.41) is 4.20. The van der Waals surface area contributed by atoms with Crippen molar-refractivity contribution in [2.45, 2.75) is 27.2 Å². The molecule has 0 aliphatic heterocycles. The summed E-state index contributed by atoms with van der Waals surface area (Å²) >= 11 is 0. The number of nitrogens with one attached hydrogen (secondary N) is 1. The molecule has 0 saturated carbocycles. The molecule has 0 aromatic heterocycles. The molecule has 0 saturated heterocycles. The van der Waals surface area contributed by atoms with Crippen LogP contribution in [0.2, 0.25) is 0 Å². The fourth-order valence-electron chi connectivity index (χ4n) is 2.56. The Balaban J connectivity index is 2.11. The summed E-state index contributed by atoms with van der Waals surface area (Å²) in [6, 6.07) is 11.5. The Labute approximate surface area is 148 Å². The van der Waals surface area contributed by atoms with E-state index in [4.69, 9.17) is 9.47 Å². The van der Waals surface area contributed by atoms with E-state index in [1.54, 1.807) is 14.2 Å². The third kappa shape index (κ3) is 4.83. The molecule has 5 nitrogen and oxygen atoms in total. The van der Waals surface area contributed by atoms with Gasteiger partial charge in [0.15, 0.2) is 0 Å². The van der Waals surface area contributed by atoms with Crippen LogP contribution in [0.25, 0.3) is 0 Å². The van der Waals surface area contributed by atoms with E-state index in [0.29, 0.717) is 17.2 Å². The minimum atomic E-state index is -0.159. The number of hydrazone groups is 1. The van der Waals surface area contributed by atoms with Gasteiger partial charge in [-0.05, 0) is 50.1 Å². The molecule has 0 atom stereocenters. The fraction of sp³-hybridized carbons (Fsp3) is 0.300. The normalized spacial score (nSPS) is 11.2. The molecule has 2 aromatic rings. The molecule has 0 aliphatic rings.